The molecule has 0 aromatic carbocycles. The van der Waals surface area contributed by atoms with Crippen molar-refractivity contribution in [2.75, 3.05) is 0 Å². The van der Waals surface area contributed by atoms with Crippen molar-refractivity contribution in [3.05, 3.63) is 0 Å². The van der Waals surface area contributed by atoms with Crippen molar-refractivity contribution in [1.29, 1.82) is 0 Å². The van der Waals surface area contributed by atoms with Crippen LogP contribution in [0, 0.1) is 0 Å². The van der Waals surface area contributed by atoms with Gasteiger partial charge in [-0.15, -0.1) is 0 Å². The lowest BCUT2D eigenvalue weighted by molar-refractivity contribution is 0.153. The zero-order chi connectivity index (χ0) is 11.1. The second-order valence-electron chi connectivity index (χ2n) is 2.70. The molecule has 0 fully saturated rings. The molecular formula is C6H17NO5S. The molecule has 0 atom stereocenters. The monoisotopic (exact) mass is 215 g/mol. The van der Waals surface area contributed by atoms with Gasteiger partial charge in [0, 0.05) is 0 Å². The molecule has 82 valence electrons. The van der Waals surface area contributed by atoms with Crippen molar-refractivity contribution in [1.82, 2.24) is 0 Å². The van der Waals surface area contributed by atoms with E-state index >= 15 is 0 Å². The first kappa shape index (κ1) is 15.3. The van der Waals surface area contributed by atoms with E-state index in [1.165, 1.54) is 0 Å². The summed E-state index contributed by atoms with van der Waals surface area (Å²) in [6.45, 7) is 6.50. The highest BCUT2D eigenvalue weighted by Crippen LogP contribution is 2.03. The first-order valence-electron chi connectivity index (χ1n) is 3.71. The average molecular weight is 215 g/mol. The van der Waals surface area contributed by atoms with Crippen molar-refractivity contribution >= 4 is 10.4 Å². The lowest BCUT2D eigenvalue weighted by Crippen LogP contribution is -2.18. The summed E-state index contributed by atoms with van der Waals surface area (Å²) in [6, 6.07) is 0. The van der Waals surface area contributed by atoms with E-state index in [1.807, 2.05) is 0 Å². The van der Waals surface area contributed by atoms with Crippen LogP contribution in [0.1, 0.15) is 27.7 Å². The van der Waals surface area contributed by atoms with Gasteiger partial charge in [-0.25, -0.2) is 14.3 Å². The Morgan fingerprint density at radius 2 is 1.23 bits per heavy atom. The molecule has 6 nitrogen and oxygen atoms in total. The number of rotatable bonds is 4. The SMILES string of the molecule is CC(C)OS(=O)(=O)OC(C)C.NO. The molecule has 0 saturated heterocycles. The van der Waals surface area contributed by atoms with Gasteiger partial charge >= 0.3 is 10.4 Å². The van der Waals surface area contributed by atoms with Crippen molar-refractivity contribution in [2.24, 2.45) is 5.90 Å². The van der Waals surface area contributed by atoms with Crippen LogP contribution in [0.5, 0.6) is 0 Å². The molecule has 0 bridgehead atoms. The first-order valence-corrected chi connectivity index (χ1v) is 5.04. The summed E-state index contributed by atoms with van der Waals surface area (Å²) in [4.78, 5) is 0. The minimum atomic E-state index is -3.78. The molecule has 3 N–H and O–H groups in total. The van der Waals surface area contributed by atoms with Crippen LogP contribution in [0.2, 0.25) is 0 Å². The molecular weight excluding hydrogens is 198 g/mol. The molecule has 0 aromatic rings. The quantitative estimate of drug-likeness (QED) is 0.659. The fraction of sp³-hybridized carbons (Fsp3) is 1.00. The van der Waals surface area contributed by atoms with Gasteiger partial charge in [0.2, 0.25) is 0 Å². The van der Waals surface area contributed by atoms with Crippen LogP contribution in [0.4, 0.5) is 0 Å². The molecule has 0 amide bonds. The first-order chi connectivity index (χ1) is 5.83. The molecule has 13 heavy (non-hydrogen) atoms. The normalized spacial score (nSPS) is 11.4. The molecule has 0 radical (unpaired) electrons. The minimum Gasteiger partial charge on any atom is -0.320 e. The maximum Gasteiger partial charge on any atom is 0.400 e. The van der Waals surface area contributed by atoms with Gasteiger partial charge in [0.25, 0.3) is 0 Å². The van der Waals surface area contributed by atoms with Crippen LogP contribution in [0.15, 0.2) is 0 Å². The second kappa shape index (κ2) is 7.22. The van der Waals surface area contributed by atoms with Gasteiger partial charge in [0.15, 0.2) is 0 Å². The zero-order valence-corrected chi connectivity index (χ0v) is 9.04. The standard InChI is InChI=1S/C6H14O4S.H3NO/c1-5(2)9-11(7,8)10-6(3)4;1-2/h5-6H,1-4H3;2H,1H2. The Hall–Kier alpha value is -0.210. The summed E-state index contributed by atoms with van der Waals surface area (Å²) >= 11 is 0. The zero-order valence-electron chi connectivity index (χ0n) is 8.22. The lowest BCUT2D eigenvalue weighted by Gasteiger charge is -2.09. The summed E-state index contributed by atoms with van der Waals surface area (Å²) in [7, 11) is -3.78. The van der Waals surface area contributed by atoms with E-state index in [0.29, 0.717) is 0 Å². The Balaban J connectivity index is 0. The maximum atomic E-state index is 10.8. The van der Waals surface area contributed by atoms with Crippen LogP contribution in [-0.4, -0.2) is 25.8 Å². The van der Waals surface area contributed by atoms with Gasteiger partial charge in [0.05, 0.1) is 12.2 Å². The van der Waals surface area contributed by atoms with Crippen LogP contribution >= 0.6 is 0 Å². The van der Waals surface area contributed by atoms with Crippen LogP contribution in [0.3, 0.4) is 0 Å². The maximum absolute atomic E-state index is 10.8. The van der Waals surface area contributed by atoms with Gasteiger partial charge in [-0.05, 0) is 27.7 Å². The predicted molar refractivity (Wildman–Crippen MR) is 47.3 cm³/mol. The highest BCUT2D eigenvalue weighted by molar-refractivity contribution is 7.81. The molecule has 0 spiro atoms. The van der Waals surface area contributed by atoms with Crippen molar-refractivity contribution in [2.45, 2.75) is 39.9 Å². The molecule has 0 aliphatic rings. The molecule has 0 heterocycles. The minimum absolute atomic E-state index is 0.376. The lowest BCUT2D eigenvalue weighted by atomic mass is 10.5. The summed E-state index contributed by atoms with van der Waals surface area (Å²) in [6.07, 6.45) is -0.752. The van der Waals surface area contributed by atoms with Crippen LogP contribution < -0.4 is 5.90 Å². The summed E-state index contributed by atoms with van der Waals surface area (Å²) in [5, 5.41) is 6.50. The second-order valence-corrected chi connectivity index (χ2v) is 3.90. The smallest absolute Gasteiger partial charge is 0.320 e. The molecule has 0 saturated carbocycles. The highest BCUT2D eigenvalue weighted by atomic mass is 32.3. The average Bonchev–Trinajstić information content (AvgIpc) is 1.85. The third kappa shape index (κ3) is 11.8. The number of hydrogen-bond donors (Lipinski definition) is 2. The number of hydrogen-bond acceptors (Lipinski definition) is 6. The Labute approximate surface area is 78.9 Å². The molecule has 0 rings (SSSR count). The Morgan fingerprint density at radius 1 is 1.00 bits per heavy atom. The molecule has 0 unspecified atom stereocenters. The van der Waals surface area contributed by atoms with E-state index in [4.69, 9.17) is 5.21 Å². The molecule has 7 heteroatoms. The summed E-state index contributed by atoms with van der Waals surface area (Å²) in [5.41, 5.74) is 0. The van der Waals surface area contributed by atoms with E-state index < -0.39 is 10.4 Å². The van der Waals surface area contributed by atoms with Gasteiger partial charge < -0.3 is 5.21 Å². The van der Waals surface area contributed by atoms with Crippen molar-refractivity contribution < 1.29 is 22.0 Å². The highest BCUT2D eigenvalue weighted by Gasteiger charge is 2.15. The van der Waals surface area contributed by atoms with E-state index in [-0.39, 0.29) is 12.2 Å². The molecule has 0 aliphatic heterocycles. The fourth-order valence-electron chi connectivity index (χ4n) is 0.494. The van der Waals surface area contributed by atoms with Gasteiger partial charge in [0.1, 0.15) is 0 Å². The predicted octanol–water partition coefficient (Wildman–Crippen LogP) is 0.415. The van der Waals surface area contributed by atoms with Crippen molar-refractivity contribution in [3.63, 3.8) is 0 Å². The van der Waals surface area contributed by atoms with E-state index in [1.54, 1.807) is 27.7 Å². The van der Waals surface area contributed by atoms with Crippen LogP contribution in [0.25, 0.3) is 0 Å². The molecule has 0 aliphatic carbocycles. The summed E-state index contributed by atoms with van der Waals surface area (Å²) in [5.74, 6) is 3.50. The van der Waals surface area contributed by atoms with Gasteiger partial charge in [-0.1, -0.05) is 0 Å². The number of nitrogens with two attached hydrogens (primary N) is 1. The Bertz CT molecular complexity index is 183. The van der Waals surface area contributed by atoms with E-state index in [0.717, 1.165) is 0 Å². The van der Waals surface area contributed by atoms with Crippen LogP contribution in [-0.2, 0) is 18.8 Å². The van der Waals surface area contributed by atoms with E-state index in [2.05, 4.69) is 14.3 Å². The third-order valence-corrected chi connectivity index (χ3v) is 1.86. The Kier molecular flexibility index (Phi) is 8.48. The van der Waals surface area contributed by atoms with E-state index in [9.17, 15) is 8.42 Å². The van der Waals surface area contributed by atoms with Gasteiger partial charge in [-0.2, -0.15) is 8.42 Å². The van der Waals surface area contributed by atoms with Crippen molar-refractivity contribution in [3.8, 4) is 0 Å². The largest absolute Gasteiger partial charge is 0.400 e. The summed E-state index contributed by atoms with van der Waals surface area (Å²) < 4.78 is 30.6. The fourth-order valence-corrected chi connectivity index (χ4v) is 1.48. The van der Waals surface area contributed by atoms with Gasteiger partial charge in [-0.3, -0.25) is 0 Å². The molecule has 0 aromatic heterocycles. The Morgan fingerprint density at radius 3 is 1.38 bits per heavy atom. The third-order valence-electron chi connectivity index (χ3n) is 0.621. The topological polar surface area (TPSA) is 98.9 Å².